The summed E-state index contributed by atoms with van der Waals surface area (Å²) in [6, 6.07) is 5.54. The molecule has 0 spiro atoms. The minimum absolute atomic E-state index is 0.189. The number of ether oxygens (including phenoxy) is 3. The van der Waals surface area contributed by atoms with E-state index in [2.05, 4.69) is 0 Å². The first-order valence-electron chi connectivity index (χ1n) is 6.43. The van der Waals surface area contributed by atoms with Crippen molar-refractivity contribution in [2.24, 2.45) is 0 Å². The summed E-state index contributed by atoms with van der Waals surface area (Å²) in [5.74, 6) is -0.909. The highest BCUT2D eigenvalue weighted by molar-refractivity contribution is 5.89. The van der Waals surface area contributed by atoms with Crippen LogP contribution >= 0.6 is 0 Å². The lowest BCUT2D eigenvalue weighted by Crippen LogP contribution is -2.25. The minimum Gasteiger partial charge on any atom is -0.459 e. The lowest BCUT2D eigenvalue weighted by molar-refractivity contribution is -0.142. The number of carbonyl (C=O) groups is 1. The Bertz CT molecular complexity index is 479. The van der Waals surface area contributed by atoms with Gasteiger partial charge in [0.05, 0.1) is 12.2 Å². The van der Waals surface area contributed by atoms with E-state index in [0.717, 1.165) is 11.1 Å². The molecule has 1 aromatic rings. The van der Waals surface area contributed by atoms with E-state index in [1.165, 1.54) is 0 Å². The van der Waals surface area contributed by atoms with Crippen molar-refractivity contribution in [3.05, 3.63) is 34.9 Å². The zero-order valence-electron chi connectivity index (χ0n) is 11.9. The molecule has 1 unspecified atom stereocenters. The molecule has 1 fully saturated rings. The van der Waals surface area contributed by atoms with Crippen LogP contribution in [0.4, 0.5) is 0 Å². The van der Waals surface area contributed by atoms with Gasteiger partial charge in [0.25, 0.3) is 0 Å². The Hall–Kier alpha value is -1.39. The van der Waals surface area contributed by atoms with Gasteiger partial charge in [-0.2, -0.15) is 0 Å². The third-order valence-corrected chi connectivity index (χ3v) is 3.21. The number of aryl methyl sites for hydroxylation is 2. The minimum atomic E-state index is -0.586. The quantitative estimate of drug-likeness (QED) is 0.787. The maximum absolute atomic E-state index is 11.9. The highest BCUT2D eigenvalue weighted by atomic mass is 16.7. The van der Waals surface area contributed by atoms with Gasteiger partial charge in [-0.25, -0.2) is 4.79 Å². The molecule has 0 amide bonds. The summed E-state index contributed by atoms with van der Waals surface area (Å²) in [5, 5.41) is 0. The number of benzene rings is 1. The van der Waals surface area contributed by atoms with Crippen LogP contribution in [0.2, 0.25) is 0 Å². The summed E-state index contributed by atoms with van der Waals surface area (Å²) in [6.45, 7) is 8.34. The summed E-state index contributed by atoms with van der Waals surface area (Å²) in [7, 11) is 0. The van der Waals surface area contributed by atoms with Crippen LogP contribution in [0.15, 0.2) is 18.2 Å². The van der Waals surface area contributed by atoms with Gasteiger partial charge >= 0.3 is 5.97 Å². The molecule has 0 aromatic heterocycles. The highest BCUT2D eigenvalue weighted by Gasteiger charge is 2.33. The van der Waals surface area contributed by atoms with E-state index in [0.29, 0.717) is 12.2 Å². The molecular formula is C15H20O4. The van der Waals surface area contributed by atoms with Crippen LogP contribution in [-0.2, 0) is 14.2 Å². The summed E-state index contributed by atoms with van der Waals surface area (Å²) < 4.78 is 16.2. The molecule has 1 aromatic carbocycles. The van der Waals surface area contributed by atoms with Crippen molar-refractivity contribution in [3.8, 4) is 0 Å². The fraction of sp³-hybridized carbons (Fsp3) is 0.533. The van der Waals surface area contributed by atoms with Crippen LogP contribution in [0, 0.1) is 13.8 Å². The monoisotopic (exact) mass is 264 g/mol. The predicted molar refractivity (Wildman–Crippen MR) is 71.1 cm³/mol. The molecule has 104 valence electrons. The van der Waals surface area contributed by atoms with Gasteiger partial charge in [-0.05, 0) is 51.0 Å². The number of carbonyl (C=O) groups excluding carboxylic acids is 1. The zero-order chi connectivity index (χ0) is 14.0. The van der Waals surface area contributed by atoms with E-state index >= 15 is 0 Å². The molecule has 0 radical (unpaired) electrons. The average Bonchev–Trinajstić information content (AvgIpc) is 2.69. The predicted octanol–water partition coefficient (Wildman–Crippen LogP) is 2.61. The third kappa shape index (κ3) is 3.55. The second kappa shape index (κ2) is 5.31. The molecule has 1 aliphatic rings. The summed E-state index contributed by atoms with van der Waals surface area (Å²) in [5.41, 5.74) is 2.81. The largest absolute Gasteiger partial charge is 0.459 e. The van der Waals surface area contributed by atoms with Crippen LogP contribution in [-0.4, -0.2) is 31.1 Å². The van der Waals surface area contributed by atoms with E-state index in [1.54, 1.807) is 6.07 Å². The lowest BCUT2D eigenvalue weighted by atomic mass is 10.1. The number of esters is 1. The number of rotatable bonds is 3. The molecule has 4 heteroatoms. The maximum atomic E-state index is 11.9. The van der Waals surface area contributed by atoms with Crippen LogP contribution in [0.25, 0.3) is 0 Å². The van der Waals surface area contributed by atoms with Gasteiger partial charge in [-0.15, -0.1) is 0 Å². The Morgan fingerprint density at radius 2 is 2.11 bits per heavy atom. The Morgan fingerprint density at radius 3 is 2.68 bits per heavy atom. The highest BCUT2D eigenvalue weighted by Crippen LogP contribution is 2.22. The Labute approximate surface area is 113 Å². The van der Waals surface area contributed by atoms with Crippen LogP contribution in [0.5, 0.6) is 0 Å². The summed E-state index contributed by atoms with van der Waals surface area (Å²) in [4.78, 5) is 11.9. The van der Waals surface area contributed by atoms with E-state index in [1.807, 2.05) is 39.8 Å². The molecule has 0 aliphatic carbocycles. The van der Waals surface area contributed by atoms with Crippen molar-refractivity contribution in [1.29, 1.82) is 0 Å². The van der Waals surface area contributed by atoms with Crippen molar-refractivity contribution in [1.82, 2.24) is 0 Å². The molecule has 0 saturated carbocycles. The topological polar surface area (TPSA) is 44.8 Å². The Morgan fingerprint density at radius 1 is 1.37 bits per heavy atom. The fourth-order valence-corrected chi connectivity index (χ4v) is 1.97. The van der Waals surface area contributed by atoms with Gasteiger partial charge in [0.2, 0.25) is 0 Å². The van der Waals surface area contributed by atoms with Crippen molar-refractivity contribution in [2.45, 2.75) is 39.6 Å². The first-order valence-corrected chi connectivity index (χ1v) is 6.43. The molecule has 4 nitrogen and oxygen atoms in total. The first-order chi connectivity index (χ1) is 8.87. The molecule has 0 bridgehead atoms. The van der Waals surface area contributed by atoms with Crippen molar-refractivity contribution >= 4 is 5.97 Å². The van der Waals surface area contributed by atoms with Gasteiger partial charge in [-0.1, -0.05) is 6.07 Å². The second-order valence-corrected chi connectivity index (χ2v) is 5.35. The maximum Gasteiger partial charge on any atom is 0.338 e. The lowest BCUT2D eigenvalue weighted by Gasteiger charge is -2.17. The van der Waals surface area contributed by atoms with Gasteiger partial charge in [0.15, 0.2) is 5.79 Å². The molecule has 1 aliphatic heterocycles. The average molecular weight is 264 g/mol. The Balaban J connectivity index is 1.89. The standard InChI is InChI=1S/C15H20O4/c1-10-5-6-12(7-11(10)2)14(16)17-8-13-9-18-15(3,4)19-13/h5-7,13H,8-9H2,1-4H3. The summed E-state index contributed by atoms with van der Waals surface area (Å²) in [6.07, 6.45) is -0.189. The van der Waals surface area contributed by atoms with E-state index in [-0.39, 0.29) is 18.7 Å². The van der Waals surface area contributed by atoms with E-state index < -0.39 is 5.79 Å². The molecule has 1 saturated heterocycles. The Kier molecular flexibility index (Phi) is 3.92. The molecule has 0 N–H and O–H groups in total. The third-order valence-electron chi connectivity index (χ3n) is 3.21. The number of hydrogen-bond donors (Lipinski definition) is 0. The van der Waals surface area contributed by atoms with Crippen LogP contribution in [0.1, 0.15) is 35.3 Å². The molecule has 1 atom stereocenters. The van der Waals surface area contributed by atoms with E-state index in [9.17, 15) is 4.79 Å². The van der Waals surface area contributed by atoms with Gasteiger partial charge in [-0.3, -0.25) is 0 Å². The zero-order valence-corrected chi connectivity index (χ0v) is 11.9. The van der Waals surface area contributed by atoms with Crippen LogP contribution < -0.4 is 0 Å². The van der Waals surface area contributed by atoms with E-state index in [4.69, 9.17) is 14.2 Å². The van der Waals surface area contributed by atoms with Crippen molar-refractivity contribution < 1.29 is 19.0 Å². The smallest absolute Gasteiger partial charge is 0.338 e. The van der Waals surface area contributed by atoms with Crippen LogP contribution in [0.3, 0.4) is 0 Å². The summed E-state index contributed by atoms with van der Waals surface area (Å²) >= 11 is 0. The molecule has 2 rings (SSSR count). The van der Waals surface area contributed by atoms with Crippen molar-refractivity contribution in [3.63, 3.8) is 0 Å². The molecule has 1 heterocycles. The normalized spacial score (nSPS) is 21.4. The molecule has 19 heavy (non-hydrogen) atoms. The SMILES string of the molecule is Cc1ccc(C(=O)OCC2COC(C)(C)O2)cc1C. The van der Waals surface area contributed by atoms with Gasteiger partial charge < -0.3 is 14.2 Å². The van der Waals surface area contributed by atoms with Gasteiger partial charge in [0, 0.05) is 0 Å². The second-order valence-electron chi connectivity index (χ2n) is 5.35. The number of hydrogen-bond acceptors (Lipinski definition) is 4. The van der Waals surface area contributed by atoms with Gasteiger partial charge in [0.1, 0.15) is 12.7 Å². The fourth-order valence-electron chi connectivity index (χ4n) is 1.97. The molecular weight excluding hydrogens is 244 g/mol. The first kappa shape index (κ1) is 14.0. The van der Waals surface area contributed by atoms with Crippen molar-refractivity contribution in [2.75, 3.05) is 13.2 Å².